The van der Waals surface area contributed by atoms with E-state index >= 15 is 0 Å². The first-order valence-electron chi connectivity index (χ1n) is 5.22. The molecule has 84 valence electrons. The fraction of sp³-hybridized carbons (Fsp3) is 1.00. The van der Waals surface area contributed by atoms with Crippen molar-refractivity contribution >= 4 is 10.0 Å². The van der Waals surface area contributed by atoms with E-state index in [-0.39, 0.29) is 18.4 Å². The molecule has 0 bridgehead atoms. The van der Waals surface area contributed by atoms with E-state index in [4.69, 9.17) is 5.11 Å². The van der Waals surface area contributed by atoms with E-state index in [1.54, 1.807) is 6.92 Å². The van der Waals surface area contributed by atoms with E-state index in [1.165, 1.54) is 4.31 Å². The highest BCUT2D eigenvalue weighted by Gasteiger charge is 2.28. The van der Waals surface area contributed by atoms with E-state index in [9.17, 15) is 8.42 Å². The van der Waals surface area contributed by atoms with Crippen molar-refractivity contribution in [2.75, 3.05) is 18.9 Å². The van der Waals surface area contributed by atoms with Crippen LogP contribution in [0.3, 0.4) is 0 Å². The molecule has 0 aromatic heterocycles. The highest BCUT2D eigenvalue weighted by Crippen LogP contribution is 2.19. The summed E-state index contributed by atoms with van der Waals surface area (Å²) in [6, 6.07) is -0.192. The predicted octanol–water partition coefficient (Wildman–Crippen LogP) is 0.573. The van der Waals surface area contributed by atoms with Crippen LogP contribution in [-0.2, 0) is 10.0 Å². The molecule has 0 spiro atoms. The molecule has 5 heteroatoms. The van der Waals surface area contributed by atoms with Crippen LogP contribution in [0.5, 0.6) is 0 Å². The van der Waals surface area contributed by atoms with Gasteiger partial charge in [0, 0.05) is 12.6 Å². The summed E-state index contributed by atoms with van der Waals surface area (Å²) in [4.78, 5) is 0. The SMILES string of the molecule is CCS(=O)(=O)N1CCCCCC1CO. The summed E-state index contributed by atoms with van der Waals surface area (Å²) in [5.74, 6) is 0.128. The van der Waals surface area contributed by atoms with Crippen molar-refractivity contribution in [1.82, 2.24) is 4.31 Å². The van der Waals surface area contributed by atoms with Crippen LogP contribution in [0, 0.1) is 0 Å². The first-order chi connectivity index (χ1) is 6.61. The standard InChI is InChI=1S/C9H19NO3S/c1-2-14(12,13)10-7-5-3-4-6-9(10)8-11/h9,11H,2-8H2,1H3. The van der Waals surface area contributed by atoms with Crippen LogP contribution in [0.4, 0.5) is 0 Å². The fourth-order valence-corrected chi connectivity index (χ4v) is 3.23. The maximum absolute atomic E-state index is 11.7. The van der Waals surface area contributed by atoms with Gasteiger partial charge in [0.25, 0.3) is 0 Å². The second-order valence-electron chi connectivity index (χ2n) is 3.70. The van der Waals surface area contributed by atoms with Gasteiger partial charge in [-0.3, -0.25) is 0 Å². The summed E-state index contributed by atoms with van der Waals surface area (Å²) in [6.45, 7) is 2.16. The molecule has 1 rings (SSSR count). The Morgan fingerprint density at radius 3 is 2.64 bits per heavy atom. The van der Waals surface area contributed by atoms with Gasteiger partial charge < -0.3 is 5.11 Å². The Morgan fingerprint density at radius 2 is 2.07 bits per heavy atom. The zero-order valence-corrected chi connectivity index (χ0v) is 9.46. The maximum Gasteiger partial charge on any atom is 0.214 e. The highest BCUT2D eigenvalue weighted by molar-refractivity contribution is 7.89. The number of sulfonamides is 1. The molecule has 1 N–H and O–H groups in total. The quantitative estimate of drug-likeness (QED) is 0.758. The van der Waals surface area contributed by atoms with Crippen molar-refractivity contribution in [3.05, 3.63) is 0 Å². The van der Waals surface area contributed by atoms with E-state index in [1.807, 2.05) is 0 Å². The van der Waals surface area contributed by atoms with Gasteiger partial charge in [0.2, 0.25) is 10.0 Å². The molecule has 14 heavy (non-hydrogen) atoms. The van der Waals surface area contributed by atoms with Gasteiger partial charge in [-0.2, -0.15) is 4.31 Å². The Morgan fingerprint density at radius 1 is 1.36 bits per heavy atom. The number of hydrogen-bond donors (Lipinski definition) is 1. The molecular weight excluding hydrogens is 202 g/mol. The fourth-order valence-electron chi connectivity index (χ4n) is 1.87. The van der Waals surface area contributed by atoms with Crippen LogP contribution >= 0.6 is 0 Å². The van der Waals surface area contributed by atoms with Crippen molar-refractivity contribution < 1.29 is 13.5 Å². The minimum atomic E-state index is -3.13. The summed E-state index contributed by atoms with van der Waals surface area (Å²) in [5, 5.41) is 9.14. The van der Waals surface area contributed by atoms with Crippen molar-refractivity contribution in [2.45, 2.75) is 38.6 Å². The van der Waals surface area contributed by atoms with E-state index in [2.05, 4.69) is 0 Å². The van der Waals surface area contributed by atoms with Gasteiger partial charge >= 0.3 is 0 Å². The topological polar surface area (TPSA) is 57.6 Å². The molecule has 0 aromatic carbocycles. The first kappa shape index (κ1) is 11.9. The third-order valence-corrected chi connectivity index (χ3v) is 4.68. The molecule has 0 aliphatic carbocycles. The second-order valence-corrected chi connectivity index (χ2v) is 5.91. The molecule has 1 heterocycles. The Labute approximate surface area is 86.0 Å². The van der Waals surface area contributed by atoms with E-state index in [0.29, 0.717) is 6.54 Å². The van der Waals surface area contributed by atoms with Crippen LogP contribution in [-0.4, -0.2) is 42.8 Å². The zero-order valence-electron chi connectivity index (χ0n) is 8.65. The molecule has 0 amide bonds. The first-order valence-corrected chi connectivity index (χ1v) is 6.83. The average Bonchev–Trinajstić information content (AvgIpc) is 2.42. The molecule has 0 radical (unpaired) electrons. The Balaban J connectivity index is 2.80. The second kappa shape index (κ2) is 5.09. The molecule has 4 nitrogen and oxygen atoms in total. The summed E-state index contributed by atoms with van der Waals surface area (Å²) >= 11 is 0. The lowest BCUT2D eigenvalue weighted by Crippen LogP contribution is -2.42. The molecule has 1 unspecified atom stereocenters. The van der Waals surface area contributed by atoms with Gasteiger partial charge in [-0.15, -0.1) is 0 Å². The van der Waals surface area contributed by atoms with Crippen molar-refractivity contribution in [3.63, 3.8) is 0 Å². The van der Waals surface area contributed by atoms with Crippen LogP contribution in [0.2, 0.25) is 0 Å². The van der Waals surface area contributed by atoms with Gasteiger partial charge in [0.05, 0.1) is 12.4 Å². The van der Waals surface area contributed by atoms with Gasteiger partial charge in [-0.1, -0.05) is 12.8 Å². The minimum Gasteiger partial charge on any atom is -0.395 e. The molecule has 1 atom stereocenters. The monoisotopic (exact) mass is 221 g/mol. The van der Waals surface area contributed by atoms with Gasteiger partial charge in [0.15, 0.2) is 0 Å². The number of nitrogens with zero attached hydrogens (tertiary/aromatic N) is 1. The molecule has 1 aliphatic heterocycles. The molecule has 0 aromatic rings. The number of aliphatic hydroxyl groups is 1. The minimum absolute atomic E-state index is 0.0563. The molecule has 1 aliphatic rings. The lowest BCUT2D eigenvalue weighted by Gasteiger charge is -2.26. The summed E-state index contributed by atoms with van der Waals surface area (Å²) in [6.07, 6.45) is 3.78. The zero-order chi connectivity index (χ0) is 10.6. The van der Waals surface area contributed by atoms with Gasteiger partial charge in [0.1, 0.15) is 0 Å². The van der Waals surface area contributed by atoms with E-state index < -0.39 is 10.0 Å². The average molecular weight is 221 g/mol. The lowest BCUT2D eigenvalue weighted by atomic mass is 10.1. The summed E-state index contributed by atoms with van der Waals surface area (Å²) in [7, 11) is -3.13. The molecular formula is C9H19NO3S. The maximum atomic E-state index is 11.7. The molecule has 0 saturated carbocycles. The summed E-state index contributed by atoms with van der Waals surface area (Å²) in [5.41, 5.74) is 0. The van der Waals surface area contributed by atoms with Crippen LogP contribution in [0.15, 0.2) is 0 Å². The number of rotatable bonds is 3. The normalized spacial score (nSPS) is 26.0. The van der Waals surface area contributed by atoms with Crippen molar-refractivity contribution in [2.24, 2.45) is 0 Å². The van der Waals surface area contributed by atoms with Gasteiger partial charge in [-0.25, -0.2) is 8.42 Å². The molecule has 1 fully saturated rings. The summed E-state index contributed by atoms with van der Waals surface area (Å²) < 4.78 is 24.9. The number of aliphatic hydroxyl groups excluding tert-OH is 1. The lowest BCUT2D eigenvalue weighted by molar-refractivity contribution is 0.186. The Hall–Kier alpha value is -0.130. The van der Waals surface area contributed by atoms with Gasteiger partial charge in [-0.05, 0) is 19.8 Å². The van der Waals surface area contributed by atoms with Crippen LogP contribution < -0.4 is 0 Å². The van der Waals surface area contributed by atoms with E-state index in [0.717, 1.165) is 25.7 Å². The number of hydrogen-bond acceptors (Lipinski definition) is 3. The Kier molecular flexibility index (Phi) is 4.34. The Bertz CT molecular complexity index is 263. The smallest absolute Gasteiger partial charge is 0.214 e. The third kappa shape index (κ3) is 2.68. The third-order valence-electron chi connectivity index (χ3n) is 2.76. The van der Waals surface area contributed by atoms with Crippen molar-refractivity contribution in [3.8, 4) is 0 Å². The molecule has 1 saturated heterocycles. The van der Waals surface area contributed by atoms with Crippen molar-refractivity contribution in [1.29, 1.82) is 0 Å². The van der Waals surface area contributed by atoms with Crippen LogP contribution in [0.1, 0.15) is 32.6 Å². The van der Waals surface area contributed by atoms with Crippen LogP contribution in [0.25, 0.3) is 0 Å². The highest BCUT2D eigenvalue weighted by atomic mass is 32.2. The predicted molar refractivity (Wildman–Crippen MR) is 55.5 cm³/mol. The largest absolute Gasteiger partial charge is 0.395 e.